The molecule has 0 N–H and O–H groups in total. The second kappa shape index (κ2) is 3.90. The van der Waals surface area contributed by atoms with Gasteiger partial charge in [-0.05, 0) is 6.92 Å². The van der Waals surface area contributed by atoms with Crippen molar-refractivity contribution in [2.24, 2.45) is 0 Å². The predicted octanol–water partition coefficient (Wildman–Crippen LogP) is 1.84. The van der Waals surface area contributed by atoms with E-state index in [1.54, 1.807) is 4.90 Å². The molecule has 0 saturated carbocycles. The lowest BCUT2D eigenvalue weighted by molar-refractivity contribution is -0.125. The molecule has 0 aromatic rings. The van der Waals surface area contributed by atoms with Gasteiger partial charge in [0.25, 0.3) is 5.91 Å². The Balaban J connectivity index is 2.80. The second-order valence-electron chi connectivity index (χ2n) is 2.56. The highest BCUT2D eigenvalue weighted by Crippen LogP contribution is 2.30. The molecule has 0 bridgehead atoms. The number of carbonyl (C=O) groups is 1. The number of carbonyl (C=O) groups excluding carboxylic acids is 1. The van der Waals surface area contributed by atoms with Gasteiger partial charge in [-0.2, -0.15) is 12.6 Å². The first kappa shape index (κ1) is 10.2. The fourth-order valence-electron chi connectivity index (χ4n) is 1.13. The van der Waals surface area contributed by atoms with Gasteiger partial charge in [-0.25, -0.2) is 0 Å². The number of hydrogen-bond acceptors (Lipinski definition) is 2. The molecule has 12 heavy (non-hydrogen) atoms. The van der Waals surface area contributed by atoms with E-state index in [-0.39, 0.29) is 17.0 Å². The molecule has 5 heteroatoms. The van der Waals surface area contributed by atoms with Crippen LogP contribution in [0.5, 0.6) is 0 Å². The minimum atomic E-state index is -0.191. The van der Waals surface area contributed by atoms with Crippen LogP contribution in [0, 0.1) is 0 Å². The molecule has 1 heterocycles. The van der Waals surface area contributed by atoms with Crippen LogP contribution < -0.4 is 0 Å². The molecule has 0 spiro atoms. The van der Waals surface area contributed by atoms with Crippen LogP contribution in [-0.2, 0) is 4.79 Å². The first-order valence-electron chi connectivity index (χ1n) is 3.56. The summed E-state index contributed by atoms with van der Waals surface area (Å²) in [7, 11) is 0. The van der Waals surface area contributed by atoms with Gasteiger partial charge in [0.2, 0.25) is 0 Å². The van der Waals surface area contributed by atoms with Gasteiger partial charge in [-0.15, -0.1) is 0 Å². The zero-order valence-electron chi connectivity index (χ0n) is 6.55. The second-order valence-corrected chi connectivity index (χ2v) is 3.79. The van der Waals surface area contributed by atoms with E-state index >= 15 is 0 Å². The van der Waals surface area contributed by atoms with E-state index in [0.717, 1.165) is 0 Å². The molecule has 0 aromatic heterocycles. The Morgan fingerprint density at radius 1 is 1.58 bits per heavy atom. The Labute approximate surface area is 86.9 Å². The average molecular weight is 226 g/mol. The largest absolute Gasteiger partial charge is 0.329 e. The summed E-state index contributed by atoms with van der Waals surface area (Å²) in [5, 5.41) is 0.578. The summed E-state index contributed by atoms with van der Waals surface area (Å²) in [6.45, 7) is 2.43. The van der Waals surface area contributed by atoms with Gasteiger partial charge in [0.15, 0.2) is 0 Å². The lowest BCUT2D eigenvalue weighted by Crippen LogP contribution is -2.34. The zero-order chi connectivity index (χ0) is 9.30. The van der Waals surface area contributed by atoms with Crippen LogP contribution in [0.2, 0.25) is 0 Å². The highest BCUT2D eigenvalue weighted by Gasteiger charge is 2.33. The minimum Gasteiger partial charge on any atom is -0.329 e. The molecule has 68 valence electrons. The van der Waals surface area contributed by atoms with E-state index in [1.807, 2.05) is 6.92 Å². The summed E-state index contributed by atoms with van der Waals surface area (Å²) in [6.07, 6.45) is 0. The molecule has 1 rings (SSSR count). The first-order chi connectivity index (χ1) is 5.59. The Kier molecular flexibility index (Phi) is 3.32. The van der Waals surface area contributed by atoms with Gasteiger partial charge in [0.1, 0.15) is 5.03 Å². The lowest BCUT2D eigenvalue weighted by atomic mass is 10.3. The van der Waals surface area contributed by atoms with Crippen LogP contribution in [-0.4, -0.2) is 29.1 Å². The number of hydrogen-bond donors (Lipinski definition) is 1. The highest BCUT2D eigenvalue weighted by atomic mass is 35.5. The maximum Gasteiger partial charge on any atom is 0.267 e. The highest BCUT2D eigenvalue weighted by molar-refractivity contribution is 7.80. The predicted molar refractivity (Wildman–Crippen MR) is 53.8 cm³/mol. The monoisotopic (exact) mass is 225 g/mol. The van der Waals surface area contributed by atoms with Crippen molar-refractivity contribution in [1.82, 2.24) is 4.90 Å². The third-order valence-electron chi connectivity index (χ3n) is 1.83. The number of rotatable bonds is 2. The summed E-state index contributed by atoms with van der Waals surface area (Å²) < 4.78 is 0. The van der Waals surface area contributed by atoms with Crippen LogP contribution in [0.3, 0.4) is 0 Å². The fourth-order valence-corrected chi connectivity index (χ4v) is 1.81. The molecular weight excluding hydrogens is 217 g/mol. The number of halogens is 2. The van der Waals surface area contributed by atoms with Crippen molar-refractivity contribution < 1.29 is 4.79 Å². The van der Waals surface area contributed by atoms with Gasteiger partial charge in [-0.1, -0.05) is 23.2 Å². The van der Waals surface area contributed by atoms with Crippen molar-refractivity contribution in [2.45, 2.75) is 13.0 Å². The molecule has 1 unspecified atom stereocenters. The molecule has 0 radical (unpaired) electrons. The third-order valence-corrected chi connectivity index (χ3v) is 3.00. The van der Waals surface area contributed by atoms with Crippen LogP contribution in [0.25, 0.3) is 0 Å². The van der Waals surface area contributed by atoms with Crippen LogP contribution in [0.4, 0.5) is 0 Å². The third kappa shape index (κ3) is 1.58. The average Bonchev–Trinajstić information content (AvgIpc) is 2.23. The van der Waals surface area contributed by atoms with Gasteiger partial charge in [0.05, 0.1) is 11.1 Å². The Morgan fingerprint density at radius 3 is 2.50 bits per heavy atom. The number of amides is 1. The standard InChI is InChI=1S/C7H9Cl2NOS/c1-4-5(8)6(9)7(11)10(4)2-3-12/h4,12H,2-3H2,1H3. The molecule has 1 aliphatic heterocycles. The SMILES string of the molecule is CC1C(Cl)=C(Cl)C(=O)N1CCS. The molecule has 0 aromatic carbocycles. The molecule has 1 atom stereocenters. The van der Waals surface area contributed by atoms with Crippen molar-refractivity contribution in [3.8, 4) is 0 Å². The quantitative estimate of drug-likeness (QED) is 0.712. The van der Waals surface area contributed by atoms with E-state index in [4.69, 9.17) is 23.2 Å². The number of nitrogens with zero attached hydrogens (tertiary/aromatic N) is 1. The van der Waals surface area contributed by atoms with Crippen LogP contribution in [0.1, 0.15) is 6.92 Å². The molecule has 0 saturated heterocycles. The Hall–Kier alpha value is 0.140. The van der Waals surface area contributed by atoms with Crippen LogP contribution >= 0.6 is 35.8 Å². The summed E-state index contributed by atoms with van der Waals surface area (Å²) >= 11 is 15.5. The van der Waals surface area contributed by atoms with Crippen LogP contribution in [0.15, 0.2) is 10.1 Å². The lowest BCUT2D eigenvalue weighted by Gasteiger charge is -2.20. The van der Waals surface area contributed by atoms with E-state index < -0.39 is 0 Å². The van der Waals surface area contributed by atoms with Gasteiger partial charge < -0.3 is 4.90 Å². The van der Waals surface area contributed by atoms with Gasteiger partial charge in [-0.3, -0.25) is 4.79 Å². The Morgan fingerprint density at radius 2 is 2.17 bits per heavy atom. The van der Waals surface area contributed by atoms with E-state index in [2.05, 4.69) is 12.6 Å². The van der Waals surface area contributed by atoms with E-state index in [1.165, 1.54) is 0 Å². The van der Waals surface area contributed by atoms with Crippen molar-refractivity contribution in [2.75, 3.05) is 12.3 Å². The summed E-state index contributed by atoms with van der Waals surface area (Å²) in [5.41, 5.74) is 0. The minimum absolute atomic E-state index is 0.0983. The molecule has 0 aliphatic carbocycles. The van der Waals surface area contributed by atoms with Gasteiger partial charge in [0, 0.05) is 12.3 Å². The zero-order valence-corrected chi connectivity index (χ0v) is 8.96. The molecule has 1 amide bonds. The normalized spacial score (nSPS) is 24.2. The van der Waals surface area contributed by atoms with E-state index in [9.17, 15) is 4.79 Å². The smallest absolute Gasteiger partial charge is 0.267 e. The van der Waals surface area contributed by atoms with Crippen molar-refractivity contribution in [1.29, 1.82) is 0 Å². The van der Waals surface area contributed by atoms with Crippen molar-refractivity contribution >= 4 is 41.7 Å². The molecule has 0 fully saturated rings. The maximum absolute atomic E-state index is 11.3. The molecule has 1 aliphatic rings. The van der Waals surface area contributed by atoms with Crippen molar-refractivity contribution in [3.05, 3.63) is 10.1 Å². The Bertz CT molecular complexity index is 242. The maximum atomic E-state index is 11.3. The van der Waals surface area contributed by atoms with Crippen molar-refractivity contribution in [3.63, 3.8) is 0 Å². The summed E-state index contributed by atoms with van der Waals surface area (Å²) in [4.78, 5) is 12.9. The summed E-state index contributed by atoms with van der Waals surface area (Å²) in [5.74, 6) is 0.424. The fraction of sp³-hybridized carbons (Fsp3) is 0.571. The topological polar surface area (TPSA) is 20.3 Å². The van der Waals surface area contributed by atoms with Gasteiger partial charge >= 0.3 is 0 Å². The summed E-state index contributed by atoms with van der Waals surface area (Å²) in [6, 6.07) is -0.0983. The number of thiol groups is 1. The molecule has 2 nitrogen and oxygen atoms in total. The van der Waals surface area contributed by atoms with E-state index in [0.29, 0.717) is 17.3 Å². The first-order valence-corrected chi connectivity index (χ1v) is 4.95. The molecular formula is C7H9Cl2NOS.